The maximum atomic E-state index is 12.8. The van der Waals surface area contributed by atoms with Crippen LogP contribution in [0.5, 0.6) is 0 Å². The van der Waals surface area contributed by atoms with Gasteiger partial charge < -0.3 is 10.4 Å². The first kappa shape index (κ1) is 17.8. The van der Waals surface area contributed by atoms with E-state index in [4.69, 9.17) is 15.2 Å². The Morgan fingerprint density at radius 2 is 2.00 bits per heavy atom. The van der Waals surface area contributed by atoms with Gasteiger partial charge in [-0.05, 0) is 31.0 Å². The fraction of sp³-hybridized carbons (Fsp3) is 0.385. The van der Waals surface area contributed by atoms with Gasteiger partial charge in [-0.25, -0.2) is 0 Å². The van der Waals surface area contributed by atoms with Crippen molar-refractivity contribution >= 4 is 12.2 Å². The van der Waals surface area contributed by atoms with Gasteiger partial charge in [-0.3, -0.25) is 4.79 Å². The predicted octanol–water partition coefficient (Wildman–Crippen LogP) is 3.41. The normalized spacial score (nSPS) is 10.0. The minimum absolute atomic E-state index is 0.0741. The molecule has 0 fully saturated rings. The van der Waals surface area contributed by atoms with Gasteiger partial charge in [0.2, 0.25) is 0 Å². The van der Waals surface area contributed by atoms with E-state index in [-0.39, 0.29) is 17.6 Å². The van der Waals surface area contributed by atoms with Crippen LogP contribution in [0, 0.1) is 18.3 Å². The molecule has 0 bridgehead atoms. The Balaban J connectivity index is 0.00000110. The van der Waals surface area contributed by atoms with Crippen molar-refractivity contribution in [2.45, 2.75) is 26.4 Å². The van der Waals surface area contributed by atoms with E-state index in [1.54, 1.807) is 6.07 Å². The van der Waals surface area contributed by atoms with Crippen LogP contribution in [0.2, 0.25) is 0 Å². The molecule has 1 aromatic carbocycles. The Morgan fingerprint density at radius 1 is 1.45 bits per heavy atom. The minimum atomic E-state index is -4.50. The highest BCUT2D eigenvalue weighted by Crippen LogP contribution is 2.37. The number of nitrogens with zero attached hydrogens (tertiary/aromatic N) is 1. The molecule has 20 heavy (non-hydrogen) atoms. The lowest BCUT2D eigenvalue weighted by Gasteiger charge is -2.16. The Morgan fingerprint density at radius 3 is 2.40 bits per heavy atom. The van der Waals surface area contributed by atoms with Crippen molar-refractivity contribution < 1.29 is 23.1 Å². The lowest BCUT2D eigenvalue weighted by Crippen LogP contribution is -2.13. The molecule has 0 spiro atoms. The molecular formula is C13H15F3N2O2. The molecule has 0 aromatic heterocycles. The molecule has 0 aliphatic carbocycles. The minimum Gasteiger partial charge on any atom is -0.483 e. The lowest BCUT2D eigenvalue weighted by atomic mass is 10.00. The summed E-state index contributed by atoms with van der Waals surface area (Å²) in [5.74, 6) is 0. The molecule has 0 aliphatic rings. The Kier molecular flexibility index (Phi) is 7.15. The van der Waals surface area contributed by atoms with Gasteiger partial charge >= 0.3 is 6.18 Å². The number of benzene rings is 1. The van der Waals surface area contributed by atoms with Crippen molar-refractivity contribution in [2.75, 3.05) is 11.9 Å². The van der Waals surface area contributed by atoms with Crippen molar-refractivity contribution in [3.05, 3.63) is 28.8 Å². The molecule has 110 valence electrons. The fourth-order valence-corrected chi connectivity index (χ4v) is 1.62. The first-order chi connectivity index (χ1) is 9.33. The second kappa shape index (κ2) is 8.04. The molecular weight excluding hydrogens is 273 g/mol. The number of hydrogen-bond acceptors (Lipinski definition) is 3. The molecule has 1 rings (SSSR count). The Bertz CT molecular complexity index is 494. The molecule has 4 nitrogen and oxygen atoms in total. The van der Waals surface area contributed by atoms with Crippen LogP contribution in [0.3, 0.4) is 0 Å². The monoisotopic (exact) mass is 288 g/mol. The van der Waals surface area contributed by atoms with Gasteiger partial charge in [0, 0.05) is 12.2 Å². The number of carbonyl (C=O) groups is 1. The number of halogens is 3. The number of rotatable bonds is 3. The number of nitrogens with one attached hydrogen (secondary N) is 1. The molecule has 0 atom stereocenters. The highest BCUT2D eigenvalue weighted by atomic mass is 19.4. The number of hydrogen-bond donors (Lipinski definition) is 2. The zero-order chi connectivity index (χ0) is 15.8. The van der Waals surface area contributed by atoms with Crippen LogP contribution in [0.15, 0.2) is 12.1 Å². The molecule has 0 saturated heterocycles. The number of carboxylic acid groups (broad SMARTS) is 1. The Hall–Kier alpha value is -2.23. The highest BCUT2D eigenvalue weighted by molar-refractivity contribution is 5.60. The molecule has 0 unspecified atom stereocenters. The average Bonchev–Trinajstić information content (AvgIpc) is 2.36. The van der Waals surface area contributed by atoms with Gasteiger partial charge in [-0.2, -0.15) is 18.4 Å². The third-order valence-corrected chi connectivity index (χ3v) is 2.43. The van der Waals surface area contributed by atoms with Gasteiger partial charge in [0.15, 0.2) is 0 Å². The predicted molar refractivity (Wildman–Crippen MR) is 68.4 cm³/mol. The molecule has 0 aliphatic heterocycles. The molecule has 7 heteroatoms. The zero-order valence-corrected chi connectivity index (χ0v) is 11.1. The van der Waals surface area contributed by atoms with Crippen molar-refractivity contribution in [3.8, 4) is 6.07 Å². The second-order valence-electron chi connectivity index (χ2n) is 3.80. The van der Waals surface area contributed by atoms with Crippen LogP contribution < -0.4 is 5.32 Å². The average molecular weight is 288 g/mol. The van der Waals surface area contributed by atoms with Crippen LogP contribution in [-0.4, -0.2) is 18.1 Å². The summed E-state index contributed by atoms with van der Waals surface area (Å²) in [7, 11) is 0. The van der Waals surface area contributed by atoms with Crippen LogP contribution in [0.1, 0.15) is 30.0 Å². The van der Waals surface area contributed by atoms with E-state index in [2.05, 4.69) is 5.32 Å². The van der Waals surface area contributed by atoms with E-state index >= 15 is 0 Å². The third kappa shape index (κ3) is 4.80. The van der Waals surface area contributed by atoms with Gasteiger partial charge in [0.25, 0.3) is 6.47 Å². The summed E-state index contributed by atoms with van der Waals surface area (Å²) < 4.78 is 38.5. The topological polar surface area (TPSA) is 73.1 Å². The van der Waals surface area contributed by atoms with Crippen LogP contribution in [-0.2, 0) is 11.0 Å². The van der Waals surface area contributed by atoms with Crippen LogP contribution >= 0.6 is 0 Å². The SMILES string of the molecule is CCCNc1ccc(C#N)c(C(F)(F)F)c1C.O=CO. The molecule has 0 saturated carbocycles. The smallest absolute Gasteiger partial charge is 0.418 e. The molecule has 0 heterocycles. The summed E-state index contributed by atoms with van der Waals surface area (Å²) in [4.78, 5) is 8.36. The summed E-state index contributed by atoms with van der Waals surface area (Å²) in [6.07, 6.45) is -3.68. The molecule has 1 aromatic rings. The van der Waals surface area contributed by atoms with Gasteiger partial charge in [0.05, 0.1) is 17.2 Å². The first-order valence-corrected chi connectivity index (χ1v) is 5.76. The summed E-state index contributed by atoms with van der Waals surface area (Å²) in [5, 5.41) is 18.5. The van der Waals surface area contributed by atoms with Crippen LogP contribution in [0.25, 0.3) is 0 Å². The van der Waals surface area contributed by atoms with Gasteiger partial charge in [-0.1, -0.05) is 6.92 Å². The summed E-state index contributed by atoms with van der Waals surface area (Å²) in [5.41, 5.74) is -0.679. The third-order valence-electron chi connectivity index (χ3n) is 2.43. The molecule has 0 amide bonds. The summed E-state index contributed by atoms with van der Waals surface area (Å²) in [6, 6.07) is 4.29. The zero-order valence-electron chi connectivity index (χ0n) is 11.1. The van der Waals surface area contributed by atoms with Crippen molar-refractivity contribution in [1.29, 1.82) is 5.26 Å². The fourth-order valence-electron chi connectivity index (χ4n) is 1.62. The van der Waals surface area contributed by atoms with E-state index in [0.717, 1.165) is 6.42 Å². The maximum absolute atomic E-state index is 12.8. The summed E-state index contributed by atoms with van der Waals surface area (Å²) >= 11 is 0. The Labute approximate surface area is 114 Å². The van der Waals surface area contributed by atoms with Gasteiger partial charge in [0.1, 0.15) is 0 Å². The standard InChI is InChI=1S/C12H13F3N2.CH2O2/c1-3-6-17-10-5-4-9(7-16)11(8(10)2)12(13,14)15;2-1-3/h4-5,17H,3,6H2,1-2H3;1H,(H,2,3). The van der Waals surface area contributed by atoms with Crippen molar-refractivity contribution in [2.24, 2.45) is 0 Å². The van der Waals surface area contributed by atoms with Crippen molar-refractivity contribution in [1.82, 2.24) is 0 Å². The number of anilines is 1. The second-order valence-corrected chi connectivity index (χ2v) is 3.80. The quantitative estimate of drug-likeness (QED) is 0.836. The van der Waals surface area contributed by atoms with E-state index in [9.17, 15) is 13.2 Å². The lowest BCUT2D eigenvalue weighted by molar-refractivity contribution is -0.138. The summed E-state index contributed by atoms with van der Waals surface area (Å²) in [6.45, 7) is 3.66. The van der Waals surface area contributed by atoms with E-state index < -0.39 is 11.7 Å². The number of alkyl halides is 3. The molecule has 0 radical (unpaired) electrons. The van der Waals surface area contributed by atoms with E-state index in [1.165, 1.54) is 19.1 Å². The van der Waals surface area contributed by atoms with Crippen molar-refractivity contribution in [3.63, 3.8) is 0 Å². The van der Waals surface area contributed by atoms with E-state index in [1.807, 2.05) is 6.92 Å². The largest absolute Gasteiger partial charge is 0.483 e. The van der Waals surface area contributed by atoms with Crippen LogP contribution in [0.4, 0.5) is 18.9 Å². The number of nitriles is 1. The van der Waals surface area contributed by atoms with Gasteiger partial charge in [-0.15, -0.1) is 0 Å². The highest BCUT2D eigenvalue weighted by Gasteiger charge is 2.36. The first-order valence-electron chi connectivity index (χ1n) is 5.76. The molecule has 2 N–H and O–H groups in total. The maximum Gasteiger partial charge on any atom is 0.418 e. The van der Waals surface area contributed by atoms with E-state index in [0.29, 0.717) is 12.2 Å².